The number of hydrogen-bond acceptors (Lipinski definition) is 4. The van der Waals surface area contributed by atoms with Crippen LogP contribution in [0.4, 0.5) is 5.82 Å². The largest absolute Gasteiger partial charge is 0.369 e. The summed E-state index contributed by atoms with van der Waals surface area (Å²) in [7, 11) is 1.63. The van der Waals surface area contributed by atoms with Crippen LogP contribution >= 0.6 is 0 Å². The van der Waals surface area contributed by atoms with E-state index in [0.29, 0.717) is 0 Å². The third-order valence-electron chi connectivity index (χ3n) is 2.38. The number of nitrogens with zero attached hydrogens (tertiary/aromatic N) is 2. The van der Waals surface area contributed by atoms with Crippen molar-refractivity contribution in [2.75, 3.05) is 11.9 Å². The maximum absolute atomic E-state index is 11.6. The van der Waals surface area contributed by atoms with Crippen LogP contribution in [0.25, 0.3) is 0 Å². The maximum Gasteiger partial charge on any atom is 0.293 e. The molecule has 0 atom stereocenters. The quantitative estimate of drug-likeness (QED) is 0.735. The summed E-state index contributed by atoms with van der Waals surface area (Å²) in [6, 6.07) is 0. The van der Waals surface area contributed by atoms with Crippen molar-refractivity contribution < 1.29 is 4.79 Å². The second-order valence-corrected chi connectivity index (χ2v) is 4.29. The first-order valence-corrected chi connectivity index (χ1v) is 4.90. The standard InChI is InChI=1S/C10H16N4O2/c1-10(2,9(11)16)6-13-7-8(15)14(3)5-4-12-7/h4-5H,6H2,1-3H3,(H2,11,16)(H,12,13). The van der Waals surface area contributed by atoms with Crippen LogP contribution in [0.3, 0.4) is 0 Å². The molecular formula is C10H16N4O2. The molecule has 0 aliphatic heterocycles. The van der Waals surface area contributed by atoms with Crippen molar-refractivity contribution in [3.63, 3.8) is 0 Å². The molecule has 1 aromatic rings. The van der Waals surface area contributed by atoms with Crippen LogP contribution in [0, 0.1) is 5.41 Å². The molecule has 3 N–H and O–H groups in total. The summed E-state index contributed by atoms with van der Waals surface area (Å²) in [5.74, 6) is -0.202. The molecule has 1 amide bonds. The van der Waals surface area contributed by atoms with E-state index in [9.17, 15) is 9.59 Å². The van der Waals surface area contributed by atoms with Crippen LogP contribution in [0.5, 0.6) is 0 Å². The Labute approximate surface area is 93.5 Å². The lowest BCUT2D eigenvalue weighted by molar-refractivity contribution is -0.125. The highest BCUT2D eigenvalue weighted by Gasteiger charge is 2.25. The molecule has 6 heteroatoms. The van der Waals surface area contributed by atoms with E-state index in [0.717, 1.165) is 0 Å². The van der Waals surface area contributed by atoms with Gasteiger partial charge in [0.05, 0.1) is 5.41 Å². The van der Waals surface area contributed by atoms with Gasteiger partial charge in [-0.3, -0.25) is 9.59 Å². The van der Waals surface area contributed by atoms with Crippen LogP contribution in [-0.4, -0.2) is 22.0 Å². The number of amides is 1. The molecule has 0 aliphatic carbocycles. The van der Waals surface area contributed by atoms with Crippen LogP contribution in [0.15, 0.2) is 17.2 Å². The third kappa shape index (κ3) is 2.59. The molecule has 1 aromatic heterocycles. The molecule has 88 valence electrons. The lowest BCUT2D eigenvalue weighted by Crippen LogP contribution is -2.38. The predicted octanol–water partition coefficient (Wildman–Crippen LogP) is -0.296. The third-order valence-corrected chi connectivity index (χ3v) is 2.38. The van der Waals surface area contributed by atoms with Gasteiger partial charge in [-0.05, 0) is 13.8 Å². The van der Waals surface area contributed by atoms with Crippen LogP contribution < -0.4 is 16.6 Å². The van der Waals surface area contributed by atoms with E-state index in [1.54, 1.807) is 27.1 Å². The van der Waals surface area contributed by atoms with E-state index in [4.69, 9.17) is 5.73 Å². The van der Waals surface area contributed by atoms with Crippen LogP contribution in [-0.2, 0) is 11.8 Å². The van der Waals surface area contributed by atoms with Crippen LogP contribution in [0.2, 0.25) is 0 Å². The van der Waals surface area contributed by atoms with Crippen molar-refractivity contribution >= 4 is 11.7 Å². The van der Waals surface area contributed by atoms with Gasteiger partial charge in [0, 0.05) is 26.0 Å². The lowest BCUT2D eigenvalue weighted by Gasteiger charge is -2.20. The Kier molecular flexibility index (Phi) is 3.31. The summed E-state index contributed by atoms with van der Waals surface area (Å²) in [6.45, 7) is 3.68. The summed E-state index contributed by atoms with van der Waals surface area (Å²) in [5.41, 5.74) is 4.27. The number of anilines is 1. The number of nitrogens with two attached hydrogens (primary N) is 1. The molecule has 16 heavy (non-hydrogen) atoms. The fourth-order valence-corrected chi connectivity index (χ4v) is 1.01. The van der Waals surface area contributed by atoms with Gasteiger partial charge in [0.2, 0.25) is 5.91 Å². The number of aromatic nitrogens is 2. The molecular weight excluding hydrogens is 208 g/mol. The Morgan fingerprint density at radius 2 is 2.25 bits per heavy atom. The SMILES string of the molecule is Cn1ccnc(NCC(C)(C)C(N)=O)c1=O. The first-order valence-electron chi connectivity index (χ1n) is 4.90. The normalized spacial score (nSPS) is 11.2. The summed E-state index contributed by atoms with van der Waals surface area (Å²) in [5, 5.41) is 2.83. The van der Waals surface area contributed by atoms with E-state index in [1.807, 2.05) is 0 Å². The molecule has 0 aliphatic rings. The average molecular weight is 224 g/mol. The van der Waals surface area contributed by atoms with Gasteiger partial charge in [0.1, 0.15) is 0 Å². The molecule has 0 unspecified atom stereocenters. The zero-order valence-corrected chi connectivity index (χ0v) is 9.65. The van der Waals surface area contributed by atoms with Crippen molar-refractivity contribution in [3.05, 3.63) is 22.7 Å². The topological polar surface area (TPSA) is 90.0 Å². The molecule has 6 nitrogen and oxygen atoms in total. The van der Waals surface area contributed by atoms with E-state index in [-0.39, 0.29) is 17.9 Å². The molecule has 1 heterocycles. The summed E-state index contributed by atoms with van der Waals surface area (Å²) in [6.07, 6.45) is 3.08. The number of carbonyl (C=O) groups excluding carboxylic acids is 1. The van der Waals surface area contributed by atoms with Gasteiger partial charge in [-0.15, -0.1) is 0 Å². The Hall–Kier alpha value is -1.85. The van der Waals surface area contributed by atoms with Crippen molar-refractivity contribution in [2.45, 2.75) is 13.8 Å². The van der Waals surface area contributed by atoms with Gasteiger partial charge in [-0.1, -0.05) is 0 Å². The highest BCUT2D eigenvalue weighted by Crippen LogP contribution is 2.13. The maximum atomic E-state index is 11.6. The van der Waals surface area contributed by atoms with E-state index >= 15 is 0 Å². The predicted molar refractivity (Wildman–Crippen MR) is 60.9 cm³/mol. The fourth-order valence-electron chi connectivity index (χ4n) is 1.01. The van der Waals surface area contributed by atoms with Crippen molar-refractivity contribution in [2.24, 2.45) is 18.2 Å². The van der Waals surface area contributed by atoms with Gasteiger partial charge < -0.3 is 15.6 Å². The molecule has 0 saturated carbocycles. The minimum atomic E-state index is -0.720. The molecule has 0 fully saturated rings. The highest BCUT2D eigenvalue weighted by atomic mass is 16.1. The van der Waals surface area contributed by atoms with Gasteiger partial charge >= 0.3 is 0 Å². The molecule has 0 bridgehead atoms. The van der Waals surface area contributed by atoms with Gasteiger partial charge in [0.15, 0.2) is 5.82 Å². The Morgan fingerprint density at radius 1 is 1.62 bits per heavy atom. The second-order valence-electron chi connectivity index (χ2n) is 4.29. The molecule has 0 spiro atoms. The Morgan fingerprint density at radius 3 is 2.81 bits per heavy atom. The van der Waals surface area contributed by atoms with Gasteiger partial charge in [-0.25, -0.2) is 4.98 Å². The first kappa shape index (κ1) is 12.2. The lowest BCUT2D eigenvalue weighted by atomic mass is 9.93. The van der Waals surface area contributed by atoms with E-state index in [2.05, 4.69) is 10.3 Å². The summed E-state index contributed by atoms with van der Waals surface area (Å²) < 4.78 is 1.41. The molecule has 0 saturated heterocycles. The van der Waals surface area contributed by atoms with Crippen molar-refractivity contribution in [3.8, 4) is 0 Å². The smallest absolute Gasteiger partial charge is 0.293 e. The van der Waals surface area contributed by atoms with Crippen molar-refractivity contribution in [1.29, 1.82) is 0 Å². The number of primary amides is 1. The minimum Gasteiger partial charge on any atom is -0.369 e. The number of hydrogen-bond donors (Lipinski definition) is 2. The molecule has 0 aromatic carbocycles. The zero-order chi connectivity index (χ0) is 12.3. The van der Waals surface area contributed by atoms with Gasteiger partial charge in [0.25, 0.3) is 5.56 Å². The monoisotopic (exact) mass is 224 g/mol. The zero-order valence-electron chi connectivity index (χ0n) is 9.65. The number of carbonyl (C=O) groups is 1. The molecule has 1 rings (SSSR count). The minimum absolute atomic E-state index is 0.222. The average Bonchev–Trinajstić information content (AvgIpc) is 2.20. The first-order chi connectivity index (χ1) is 7.34. The van der Waals surface area contributed by atoms with Crippen molar-refractivity contribution in [1.82, 2.24) is 9.55 Å². The van der Waals surface area contributed by atoms with Crippen LogP contribution in [0.1, 0.15) is 13.8 Å². The Bertz CT molecular complexity index is 450. The molecule has 0 radical (unpaired) electrons. The summed E-state index contributed by atoms with van der Waals surface area (Å²) >= 11 is 0. The number of aryl methyl sites for hydroxylation is 1. The number of nitrogens with one attached hydrogen (secondary N) is 1. The number of rotatable bonds is 4. The second kappa shape index (κ2) is 4.34. The van der Waals surface area contributed by atoms with E-state index in [1.165, 1.54) is 10.8 Å². The summed E-state index contributed by atoms with van der Waals surface area (Å²) in [4.78, 5) is 26.6. The fraction of sp³-hybridized carbons (Fsp3) is 0.500. The Balaban J connectivity index is 2.80. The highest BCUT2D eigenvalue weighted by molar-refractivity contribution is 5.80. The van der Waals surface area contributed by atoms with Gasteiger partial charge in [-0.2, -0.15) is 0 Å². The van der Waals surface area contributed by atoms with E-state index < -0.39 is 11.3 Å².